The van der Waals surface area contributed by atoms with Crippen LogP contribution in [0.15, 0.2) is 36.4 Å². The fraction of sp³-hybridized carbons (Fsp3) is 0.556. The molecule has 1 nitrogen and oxygen atoms in total. The molecule has 154 valence electrons. The minimum Gasteiger partial charge on any atom is -0.490 e. The van der Waals surface area contributed by atoms with Gasteiger partial charge in [-0.05, 0) is 53.9 Å². The highest BCUT2D eigenvalue weighted by Gasteiger charge is 2.35. The molecule has 0 saturated heterocycles. The van der Waals surface area contributed by atoms with E-state index in [1.165, 1.54) is 27.8 Å². The molecular weight excluding hydrogens is 340 g/mol. The van der Waals surface area contributed by atoms with E-state index in [-0.39, 0.29) is 16.9 Å². The van der Waals surface area contributed by atoms with Crippen molar-refractivity contribution in [2.24, 2.45) is 0 Å². The molecular formula is C27H40O. The van der Waals surface area contributed by atoms with E-state index in [1.54, 1.807) is 0 Å². The van der Waals surface area contributed by atoms with Crippen molar-refractivity contribution in [1.29, 1.82) is 0 Å². The molecule has 0 fully saturated rings. The van der Waals surface area contributed by atoms with Gasteiger partial charge in [-0.3, -0.25) is 0 Å². The van der Waals surface area contributed by atoms with E-state index >= 15 is 0 Å². The van der Waals surface area contributed by atoms with Gasteiger partial charge in [0.1, 0.15) is 5.75 Å². The maximum Gasteiger partial charge on any atom is 0.127 e. The first-order valence-corrected chi connectivity index (χ1v) is 10.8. The van der Waals surface area contributed by atoms with Crippen molar-refractivity contribution in [1.82, 2.24) is 0 Å². The molecule has 0 N–H and O–H groups in total. The van der Waals surface area contributed by atoms with Crippen LogP contribution in [0.1, 0.15) is 103 Å². The van der Waals surface area contributed by atoms with Crippen LogP contribution in [0, 0.1) is 0 Å². The van der Waals surface area contributed by atoms with Crippen LogP contribution in [0.2, 0.25) is 0 Å². The van der Waals surface area contributed by atoms with Gasteiger partial charge in [-0.15, -0.1) is 0 Å². The summed E-state index contributed by atoms with van der Waals surface area (Å²) in [5.74, 6) is 1.51. The van der Waals surface area contributed by atoms with Crippen LogP contribution in [0.4, 0.5) is 0 Å². The molecule has 2 aromatic rings. The van der Waals surface area contributed by atoms with Crippen molar-refractivity contribution in [3.63, 3.8) is 0 Å². The molecule has 0 atom stereocenters. The summed E-state index contributed by atoms with van der Waals surface area (Å²) < 4.78 is 6.56. The number of ether oxygens (including phenoxy) is 1. The zero-order valence-corrected chi connectivity index (χ0v) is 19.7. The lowest BCUT2D eigenvalue weighted by molar-refractivity contribution is 0.233. The Bertz CT molecular complexity index is 789. The number of rotatable bonds is 6. The number of benzene rings is 2. The summed E-state index contributed by atoms with van der Waals surface area (Å²) in [5, 5.41) is 0. The van der Waals surface area contributed by atoms with E-state index in [0.717, 1.165) is 12.2 Å². The zero-order valence-electron chi connectivity index (χ0n) is 19.7. The van der Waals surface area contributed by atoms with Crippen molar-refractivity contribution >= 4 is 0 Å². The Balaban J connectivity index is 2.99. The maximum absolute atomic E-state index is 6.56. The van der Waals surface area contributed by atoms with Crippen molar-refractivity contribution in [3.8, 4) is 5.75 Å². The van der Waals surface area contributed by atoms with Gasteiger partial charge in [-0.2, -0.15) is 0 Å². The predicted octanol–water partition coefficient (Wildman–Crippen LogP) is 7.78. The molecule has 2 rings (SSSR count). The lowest BCUT2D eigenvalue weighted by Crippen LogP contribution is -2.27. The first-order valence-electron chi connectivity index (χ1n) is 10.8. The molecule has 0 aliphatic carbocycles. The highest BCUT2D eigenvalue weighted by Crippen LogP contribution is 2.47. The number of hydrogen-bond donors (Lipinski definition) is 0. The largest absolute Gasteiger partial charge is 0.490 e. The average Bonchev–Trinajstić information content (AvgIpc) is 2.59. The SMILES string of the molecule is CCc1c(C(C)(C)C)cc(C(C)C)c(OC(C)C)c1C(C)(C)c1ccccc1. The van der Waals surface area contributed by atoms with Gasteiger partial charge in [-0.25, -0.2) is 0 Å². The Hall–Kier alpha value is -1.76. The van der Waals surface area contributed by atoms with E-state index in [2.05, 4.69) is 106 Å². The number of hydrogen-bond acceptors (Lipinski definition) is 1. The predicted molar refractivity (Wildman–Crippen MR) is 123 cm³/mol. The standard InChI is InChI=1S/C27H40O/c1-11-21-23(26(6,7)8)17-22(18(2)3)25(28-19(4)5)24(21)27(9,10)20-15-13-12-14-16-20/h12-19H,11H2,1-10H3. The summed E-state index contributed by atoms with van der Waals surface area (Å²) in [7, 11) is 0. The molecule has 0 amide bonds. The Morgan fingerprint density at radius 2 is 1.46 bits per heavy atom. The van der Waals surface area contributed by atoms with E-state index in [4.69, 9.17) is 4.74 Å². The van der Waals surface area contributed by atoms with E-state index < -0.39 is 0 Å². The molecule has 0 saturated carbocycles. The van der Waals surface area contributed by atoms with E-state index in [0.29, 0.717) is 5.92 Å². The second-order valence-electron chi connectivity index (χ2n) is 10.1. The minimum absolute atomic E-state index is 0.0901. The smallest absolute Gasteiger partial charge is 0.127 e. The normalized spacial score (nSPS) is 12.7. The molecule has 0 unspecified atom stereocenters. The summed E-state index contributed by atoms with van der Waals surface area (Å²) >= 11 is 0. The molecule has 0 radical (unpaired) electrons. The summed E-state index contributed by atoms with van der Waals surface area (Å²) in [5.41, 5.74) is 6.88. The van der Waals surface area contributed by atoms with Crippen LogP contribution in [0.25, 0.3) is 0 Å². The molecule has 0 spiro atoms. The third-order valence-corrected chi connectivity index (χ3v) is 5.67. The Morgan fingerprint density at radius 3 is 1.89 bits per heavy atom. The molecule has 0 aromatic heterocycles. The zero-order chi connectivity index (χ0) is 21.3. The fourth-order valence-corrected chi connectivity index (χ4v) is 4.21. The van der Waals surface area contributed by atoms with Gasteiger partial charge in [-0.1, -0.05) is 91.8 Å². The highest BCUT2D eigenvalue weighted by atomic mass is 16.5. The van der Waals surface area contributed by atoms with Crippen molar-refractivity contribution in [3.05, 3.63) is 64.2 Å². The quantitative estimate of drug-likeness (QED) is 0.497. The highest BCUT2D eigenvalue weighted by molar-refractivity contribution is 5.59. The Labute approximate surface area is 173 Å². The third kappa shape index (κ3) is 4.45. The van der Waals surface area contributed by atoms with E-state index in [1.807, 2.05) is 0 Å². The third-order valence-electron chi connectivity index (χ3n) is 5.67. The minimum atomic E-state index is -0.137. The van der Waals surface area contributed by atoms with Crippen LogP contribution in [-0.4, -0.2) is 6.10 Å². The Kier molecular flexibility index (Phi) is 6.69. The van der Waals surface area contributed by atoms with Gasteiger partial charge in [0.25, 0.3) is 0 Å². The van der Waals surface area contributed by atoms with Gasteiger partial charge in [0, 0.05) is 11.0 Å². The maximum atomic E-state index is 6.56. The Morgan fingerprint density at radius 1 is 0.893 bits per heavy atom. The van der Waals surface area contributed by atoms with Crippen molar-refractivity contribution in [2.45, 2.75) is 98.5 Å². The lowest BCUT2D eigenvalue weighted by Gasteiger charge is -2.37. The molecule has 1 heteroatoms. The molecule has 2 aromatic carbocycles. The van der Waals surface area contributed by atoms with Crippen molar-refractivity contribution in [2.75, 3.05) is 0 Å². The summed E-state index contributed by atoms with van der Waals surface area (Å²) in [6, 6.07) is 13.3. The molecule has 0 aliphatic heterocycles. The second kappa shape index (κ2) is 8.31. The van der Waals surface area contributed by atoms with Gasteiger partial charge in [0.2, 0.25) is 0 Å². The van der Waals surface area contributed by atoms with Crippen LogP contribution < -0.4 is 4.74 Å². The van der Waals surface area contributed by atoms with Gasteiger partial charge in [0.05, 0.1) is 6.10 Å². The van der Waals surface area contributed by atoms with Gasteiger partial charge >= 0.3 is 0 Å². The summed E-state index contributed by atoms with van der Waals surface area (Å²) in [6.45, 7) is 22.8. The van der Waals surface area contributed by atoms with E-state index in [9.17, 15) is 0 Å². The van der Waals surface area contributed by atoms with Crippen LogP contribution in [0.3, 0.4) is 0 Å². The van der Waals surface area contributed by atoms with Crippen LogP contribution >= 0.6 is 0 Å². The summed E-state index contributed by atoms with van der Waals surface area (Å²) in [6.07, 6.45) is 1.15. The molecule has 0 aliphatic rings. The first-order chi connectivity index (χ1) is 12.9. The van der Waals surface area contributed by atoms with Crippen molar-refractivity contribution < 1.29 is 4.74 Å². The van der Waals surface area contributed by atoms with Gasteiger partial charge in [0.15, 0.2) is 0 Å². The topological polar surface area (TPSA) is 9.23 Å². The lowest BCUT2D eigenvalue weighted by atomic mass is 9.69. The second-order valence-corrected chi connectivity index (χ2v) is 10.1. The summed E-state index contributed by atoms with van der Waals surface area (Å²) in [4.78, 5) is 0. The molecule has 0 bridgehead atoms. The average molecular weight is 381 g/mol. The first kappa shape index (κ1) is 22.5. The fourth-order valence-electron chi connectivity index (χ4n) is 4.21. The molecule has 0 heterocycles. The van der Waals surface area contributed by atoms with Gasteiger partial charge < -0.3 is 4.74 Å². The van der Waals surface area contributed by atoms with Crippen LogP contribution in [0.5, 0.6) is 5.75 Å². The monoisotopic (exact) mass is 380 g/mol. The molecule has 28 heavy (non-hydrogen) atoms. The van der Waals surface area contributed by atoms with Crippen LogP contribution in [-0.2, 0) is 17.3 Å².